The van der Waals surface area contributed by atoms with E-state index in [1.54, 1.807) is 0 Å². The molecule has 0 radical (unpaired) electrons. The third kappa shape index (κ3) is 3.70. The molecule has 19 heavy (non-hydrogen) atoms. The first kappa shape index (κ1) is 13.9. The summed E-state index contributed by atoms with van der Waals surface area (Å²) in [6, 6.07) is 8.55. The molecule has 0 bridgehead atoms. The Kier molecular flexibility index (Phi) is 4.43. The van der Waals surface area contributed by atoms with Gasteiger partial charge in [0.25, 0.3) is 0 Å². The first-order chi connectivity index (χ1) is 9.08. The Bertz CT molecular complexity index is 430. The quantitative estimate of drug-likeness (QED) is 0.843. The molecular weight excluding hydrogens is 240 g/mol. The number of aryl methyl sites for hydroxylation is 1. The van der Waals surface area contributed by atoms with Crippen molar-refractivity contribution in [1.29, 1.82) is 0 Å². The van der Waals surface area contributed by atoms with Gasteiger partial charge in [-0.2, -0.15) is 0 Å². The summed E-state index contributed by atoms with van der Waals surface area (Å²) in [5.41, 5.74) is 8.53. The van der Waals surface area contributed by atoms with Crippen molar-refractivity contribution < 1.29 is 9.53 Å². The van der Waals surface area contributed by atoms with Gasteiger partial charge in [0.15, 0.2) is 0 Å². The number of methoxy groups -OCH3 is 1. The highest BCUT2D eigenvalue weighted by Crippen LogP contribution is 2.25. The van der Waals surface area contributed by atoms with Gasteiger partial charge in [-0.3, -0.25) is 4.79 Å². The van der Waals surface area contributed by atoms with E-state index in [0.717, 1.165) is 19.5 Å². The molecule has 1 aliphatic rings. The largest absolute Gasteiger partial charge is 0.469 e. The van der Waals surface area contributed by atoms with Crippen LogP contribution < -0.4 is 10.6 Å². The van der Waals surface area contributed by atoms with E-state index in [1.807, 2.05) is 0 Å². The van der Waals surface area contributed by atoms with E-state index in [1.165, 1.54) is 18.4 Å². The number of ether oxygens (including phenoxy) is 1. The van der Waals surface area contributed by atoms with E-state index >= 15 is 0 Å². The van der Waals surface area contributed by atoms with Crippen LogP contribution in [0.25, 0.3) is 0 Å². The number of hydrogen-bond donors (Lipinski definition) is 1. The lowest BCUT2D eigenvalue weighted by Crippen LogP contribution is -2.47. The van der Waals surface area contributed by atoms with Gasteiger partial charge < -0.3 is 15.4 Å². The molecule has 104 valence electrons. The fourth-order valence-electron chi connectivity index (χ4n) is 2.68. The zero-order valence-corrected chi connectivity index (χ0v) is 11.6. The SMILES string of the molecule is COC(=O)CC1CC(N)CN(c2ccc(C)cc2)C1. The van der Waals surface area contributed by atoms with Crippen LogP contribution in [0.1, 0.15) is 18.4 Å². The summed E-state index contributed by atoms with van der Waals surface area (Å²) in [7, 11) is 1.43. The van der Waals surface area contributed by atoms with E-state index < -0.39 is 0 Å². The van der Waals surface area contributed by atoms with Crippen LogP contribution in [-0.4, -0.2) is 32.2 Å². The molecule has 1 aliphatic heterocycles. The molecule has 4 heteroatoms. The Balaban J connectivity index is 2.05. The number of carbonyl (C=O) groups excluding carboxylic acids is 1. The Labute approximate surface area is 114 Å². The fraction of sp³-hybridized carbons (Fsp3) is 0.533. The first-order valence-electron chi connectivity index (χ1n) is 6.72. The van der Waals surface area contributed by atoms with E-state index in [9.17, 15) is 4.79 Å². The standard InChI is InChI=1S/C15H22N2O2/c1-11-3-5-14(6-4-11)17-9-12(7-13(16)10-17)8-15(18)19-2/h3-6,12-13H,7-10,16H2,1-2H3. The maximum Gasteiger partial charge on any atom is 0.305 e. The molecule has 2 atom stereocenters. The molecule has 0 amide bonds. The highest BCUT2D eigenvalue weighted by atomic mass is 16.5. The topological polar surface area (TPSA) is 55.6 Å². The molecule has 0 aliphatic carbocycles. The van der Waals surface area contributed by atoms with Gasteiger partial charge in [0, 0.05) is 24.8 Å². The highest BCUT2D eigenvalue weighted by molar-refractivity contribution is 5.69. The van der Waals surface area contributed by atoms with Crippen molar-refractivity contribution in [3.05, 3.63) is 29.8 Å². The van der Waals surface area contributed by atoms with Gasteiger partial charge in [0.05, 0.1) is 13.5 Å². The van der Waals surface area contributed by atoms with Crippen LogP contribution >= 0.6 is 0 Å². The Hall–Kier alpha value is -1.55. The van der Waals surface area contributed by atoms with E-state index in [2.05, 4.69) is 36.1 Å². The number of anilines is 1. The van der Waals surface area contributed by atoms with Crippen molar-refractivity contribution in [2.75, 3.05) is 25.1 Å². The van der Waals surface area contributed by atoms with E-state index in [4.69, 9.17) is 10.5 Å². The second-order valence-corrected chi connectivity index (χ2v) is 5.38. The number of carbonyl (C=O) groups is 1. The van der Waals surface area contributed by atoms with Gasteiger partial charge in [-0.25, -0.2) is 0 Å². The lowest BCUT2D eigenvalue weighted by Gasteiger charge is -2.37. The van der Waals surface area contributed by atoms with Crippen molar-refractivity contribution in [3.63, 3.8) is 0 Å². The summed E-state index contributed by atoms with van der Waals surface area (Å²) >= 11 is 0. The maximum atomic E-state index is 11.4. The van der Waals surface area contributed by atoms with Gasteiger partial charge in [0.1, 0.15) is 0 Å². The van der Waals surface area contributed by atoms with Crippen molar-refractivity contribution in [2.45, 2.75) is 25.8 Å². The zero-order chi connectivity index (χ0) is 13.8. The number of esters is 1. The summed E-state index contributed by atoms with van der Waals surface area (Å²) in [6.07, 6.45) is 1.34. The molecule has 2 N–H and O–H groups in total. The summed E-state index contributed by atoms with van der Waals surface area (Å²) < 4.78 is 4.75. The second kappa shape index (κ2) is 6.06. The van der Waals surface area contributed by atoms with E-state index in [0.29, 0.717) is 6.42 Å². The maximum absolute atomic E-state index is 11.4. The summed E-state index contributed by atoms with van der Waals surface area (Å²) in [4.78, 5) is 13.7. The third-order valence-corrected chi connectivity index (χ3v) is 3.65. The minimum absolute atomic E-state index is 0.115. The molecule has 0 saturated carbocycles. The molecule has 0 aromatic heterocycles. The summed E-state index contributed by atoms with van der Waals surface area (Å²) in [5.74, 6) is 0.125. The minimum atomic E-state index is -0.150. The molecule has 1 aromatic carbocycles. The van der Waals surface area contributed by atoms with Crippen LogP contribution in [0.15, 0.2) is 24.3 Å². The second-order valence-electron chi connectivity index (χ2n) is 5.38. The summed E-state index contributed by atoms with van der Waals surface area (Å²) in [6.45, 7) is 3.79. The van der Waals surface area contributed by atoms with Crippen molar-refractivity contribution in [2.24, 2.45) is 11.7 Å². The first-order valence-corrected chi connectivity index (χ1v) is 6.72. The average Bonchev–Trinajstić information content (AvgIpc) is 2.38. The molecule has 1 saturated heterocycles. The smallest absolute Gasteiger partial charge is 0.305 e. The molecule has 0 spiro atoms. The molecular formula is C15H22N2O2. The molecule has 2 rings (SSSR count). The molecule has 2 unspecified atom stereocenters. The van der Waals surface area contributed by atoms with Crippen molar-refractivity contribution in [3.8, 4) is 0 Å². The number of nitrogens with two attached hydrogens (primary N) is 1. The third-order valence-electron chi connectivity index (χ3n) is 3.65. The predicted octanol–water partition coefficient (Wildman–Crippen LogP) is 1.71. The number of piperidine rings is 1. The molecule has 1 aromatic rings. The lowest BCUT2D eigenvalue weighted by atomic mass is 9.91. The Morgan fingerprint density at radius 3 is 2.68 bits per heavy atom. The van der Waals surface area contributed by atoms with Gasteiger partial charge in [-0.15, -0.1) is 0 Å². The minimum Gasteiger partial charge on any atom is -0.469 e. The average molecular weight is 262 g/mol. The Morgan fingerprint density at radius 2 is 2.05 bits per heavy atom. The van der Waals surface area contributed by atoms with Gasteiger partial charge >= 0.3 is 5.97 Å². The van der Waals surface area contributed by atoms with Crippen molar-refractivity contribution in [1.82, 2.24) is 0 Å². The lowest BCUT2D eigenvalue weighted by molar-refractivity contribution is -0.141. The van der Waals surface area contributed by atoms with Crippen LogP contribution in [0.3, 0.4) is 0 Å². The molecule has 1 heterocycles. The molecule has 1 fully saturated rings. The van der Waals surface area contributed by atoms with Crippen LogP contribution in [-0.2, 0) is 9.53 Å². The number of rotatable bonds is 3. The van der Waals surface area contributed by atoms with Crippen LogP contribution in [0.2, 0.25) is 0 Å². The predicted molar refractivity (Wildman–Crippen MR) is 76.1 cm³/mol. The van der Waals surface area contributed by atoms with E-state index in [-0.39, 0.29) is 17.9 Å². The van der Waals surface area contributed by atoms with Crippen LogP contribution in [0.4, 0.5) is 5.69 Å². The molecule has 4 nitrogen and oxygen atoms in total. The van der Waals surface area contributed by atoms with Gasteiger partial charge in [0.2, 0.25) is 0 Å². The summed E-state index contributed by atoms with van der Waals surface area (Å²) in [5, 5.41) is 0. The van der Waals surface area contributed by atoms with Gasteiger partial charge in [-0.05, 0) is 31.4 Å². The fourth-order valence-corrected chi connectivity index (χ4v) is 2.68. The highest BCUT2D eigenvalue weighted by Gasteiger charge is 2.27. The number of benzene rings is 1. The normalized spacial score (nSPS) is 23.2. The number of hydrogen-bond acceptors (Lipinski definition) is 4. The zero-order valence-electron chi connectivity index (χ0n) is 11.6. The van der Waals surface area contributed by atoms with Crippen molar-refractivity contribution >= 4 is 11.7 Å². The van der Waals surface area contributed by atoms with Crippen LogP contribution in [0, 0.1) is 12.8 Å². The van der Waals surface area contributed by atoms with Gasteiger partial charge in [-0.1, -0.05) is 17.7 Å². The monoisotopic (exact) mass is 262 g/mol. The number of nitrogens with zero attached hydrogens (tertiary/aromatic N) is 1. The van der Waals surface area contributed by atoms with Crippen LogP contribution in [0.5, 0.6) is 0 Å². The Morgan fingerprint density at radius 1 is 1.37 bits per heavy atom.